The molecule has 1 aliphatic heterocycles. The number of piperidine rings is 1. The fourth-order valence-corrected chi connectivity index (χ4v) is 3.47. The van der Waals surface area contributed by atoms with E-state index in [1.807, 2.05) is 18.2 Å². The van der Waals surface area contributed by atoms with Gasteiger partial charge in [0.05, 0.1) is 12.1 Å². The lowest BCUT2D eigenvalue weighted by atomic mass is 9.94. The number of carbonyl (C=O) groups excluding carboxylic acids is 1. The number of esters is 1. The van der Waals surface area contributed by atoms with Gasteiger partial charge >= 0.3 is 5.97 Å². The predicted octanol–water partition coefficient (Wildman–Crippen LogP) is 3.70. The molecule has 1 heterocycles. The minimum absolute atomic E-state index is 0.139. The van der Waals surface area contributed by atoms with Gasteiger partial charge in [-0.25, -0.2) is 0 Å². The molecule has 0 spiro atoms. The van der Waals surface area contributed by atoms with Gasteiger partial charge in [-0.15, -0.1) is 0 Å². The van der Waals surface area contributed by atoms with Crippen LogP contribution in [0.4, 0.5) is 0 Å². The quantitative estimate of drug-likeness (QED) is 0.783. The van der Waals surface area contributed by atoms with Crippen LogP contribution in [0.3, 0.4) is 0 Å². The van der Waals surface area contributed by atoms with Crippen molar-refractivity contribution < 1.29 is 9.53 Å². The molecule has 4 heteroatoms. The van der Waals surface area contributed by atoms with Crippen molar-refractivity contribution in [3.8, 4) is 6.07 Å². The molecular formula is C21H22N2O2. The zero-order chi connectivity index (χ0) is 17.5. The van der Waals surface area contributed by atoms with Gasteiger partial charge in [-0.2, -0.15) is 5.26 Å². The van der Waals surface area contributed by atoms with Crippen LogP contribution < -0.4 is 0 Å². The highest BCUT2D eigenvalue weighted by molar-refractivity contribution is 5.71. The van der Waals surface area contributed by atoms with E-state index < -0.39 is 5.97 Å². The standard InChI is InChI=1S/C21H22N2O2/c22-14-13-20(24)25-19-12-7-15-23(16-19)21(17-8-3-1-4-9-17)18-10-5-2-6-11-18/h1-6,8-11,19,21H,7,12-13,15-16H2. The summed E-state index contributed by atoms with van der Waals surface area (Å²) in [4.78, 5) is 14.0. The Kier molecular flexibility index (Phi) is 5.81. The zero-order valence-electron chi connectivity index (χ0n) is 14.2. The van der Waals surface area contributed by atoms with Crippen LogP contribution in [0.5, 0.6) is 0 Å². The molecule has 2 aromatic carbocycles. The summed E-state index contributed by atoms with van der Waals surface area (Å²) >= 11 is 0. The lowest BCUT2D eigenvalue weighted by Crippen LogP contribution is -2.42. The van der Waals surface area contributed by atoms with Crippen molar-refractivity contribution in [2.45, 2.75) is 31.4 Å². The first-order chi connectivity index (χ1) is 12.3. The number of nitriles is 1. The van der Waals surface area contributed by atoms with Crippen molar-refractivity contribution in [2.24, 2.45) is 0 Å². The smallest absolute Gasteiger partial charge is 0.320 e. The van der Waals surface area contributed by atoms with Crippen molar-refractivity contribution >= 4 is 5.97 Å². The molecule has 2 aromatic rings. The number of nitrogens with zero attached hydrogens (tertiary/aromatic N) is 2. The number of hydrogen-bond acceptors (Lipinski definition) is 4. The van der Waals surface area contributed by atoms with E-state index in [-0.39, 0.29) is 18.6 Å². The Morgan fingerprint density at radius 3 is 2.28 bits per heavy atom. The van der Waals surface area contributed by atoms with Crippen LogP contribution in [0.2, 0.25) is 0 Å². The minimum Gasteiger partial charge on any atom is -0.460 e. The highest BCUT2D eigenvalue weighted by Gasteiger charge is 2.29. The molecule has 1 saturated heterocycles. The minimum atomic E-state index is -0.426. The second-order valence-corrected chi connectivity index (χ2v) is 6.31. The number of benzene rings is 2. The highest BCUT2D eigenvalue weighted by atomic mass is 16.5. The average molecular weight is 334 g/mol. The summed E-state index contributed by atoms with van der Waals surface area (Å²) < 4.78 is 5.48. The van der Waals surface area contributed by atoms with Crippen molar-refractivity contribution in [2.75, 3.05) is 13.1 Å². The number of hydrogen-bond donors (Lipinski definition) is 0. The molecule has 25 heavy (non-hydrogen) atoms. The first-order valence-corrected chi connectivity index (χ1v) is 8.68. The normalized spacial score (nSPS) is 17.8. The Balaban J connectivity index is 1.81. The monoisotopic (exact) mass is 334 g/mol. The molecule has 1 aliphatic rings. The van der Waals surface area contributed by atoms with Crippen LogP contribution in [-0.2, 0) is 9.53 Å². The summed E-state index contributed by atoms with van der Waals surface area (Å²) in [5.74, 6) is -0.426. The fraction of sp³-hybridized carbons (Fsp3) is 0.333. The maximum absolute atomic E-state index is 11.7. The molecule has 0 aliphatic carbocycles. The lowest BCUT2D eigenvalue weighted by Gasteiger charge is -2.38. The zero-order valence-corrected chi connectivity index (χ0v) is 14.2. The van der Waals surface area contributed by atoms with Crippen molar-refractivity contribution in [3.63, 3.8) is 0 Å². The predicted molar refractivity (Wildman–Crippen MR) is 95.6 cm³/mol. The van der Waals surface area contributed by atoms with Gasteiger partial charge in [0.15, 0.2) is 0 Å². The first kappa shape index (κ1) is 17.2. The first-order valence-electron chi connectivity index (χ1n) is 8.68. The topological polar surface area (TPSA) is 53.3 Å². The van der Waals surface area contributed by atoms with Gasteiger partial charge < -0.3 is 4.74 Å². The van der Waals surface area contributed by atoms with E-state index in [9.17, 15) is 4.79 Å². The Morgan fingerprint density at radius 1 is 1.12 bits per heavy atom. The van der Waals surface area contributed by atoms with Gasteiger partial charge in [-0.1, -0.05) is 60.7 Å². The Morgan fingerprint density at radius 2 is 1.72 bits per heavy atom. The molecule has 128 valence electrons. The molecule has 0 aromatic heterocycles. The summed E-state index contributed by atoms with van der Waals surface area (Å²) in [6.45, 7) is 1.65. The summed E-state index contributed by atoms with van der Waals surface area (Å²) in [6.07, 6.45) is 1.49. The molecule has 0 saturated carbocycles. The highest BCUT2D eigenvalue weighted by Crippen LogP contribution is 2.31. The van der Waals surface area contributed by atoms with Crippen LogP contribution in [0.15, 0.2) is 60.7 Å². The summed E-state index contributed by atoms with van der Waals surface area (Å²) in [5, 5.41) is 8.64. The van der Waals surface area contributed by atoms with Crippen molar-refractivity contribution in [3.05, 3.63) is 71.8 Å². The number of rotatable bonds is 5. The molecule has 1 fully saturated rings. The van der Waals surface area contributed by atoms with Gasteiger partial charge in [0, 0.05) is 6.54 Å². The maximum atomic E-state index is 11.7. The summed E-state index contributed by atoms with van der Waals surface area (Å²) in [7, 11) is 0. The van der Waals surface area contributed by atoms with Crippen LogP contribution in [0, 0.1) is 11.3 Å². The van der Waals surface area contributed by atoms with E-state index in [0.29, 0.717) is 6.54 Å². The molecule has 0 radical (unpaired) electrons. The van der Waals surface area contributed by atoms with Gasteiger partial charge in [-0.05, 0) is 30.5 Å². The van der Waals surface area contributed by atoms with Crippen LogP contribution in [-0.4, -0.2) is 30.1 Å². The molecule has 4 nitrogen and oxygen atoms in total. The third-order valence-corrected chi connectivity index (χ3v) is 4.53. The number of ether oxygens (including phenoxy) is 1. The van der Waals surface area contributed by atoms with E-state index in [0.717, 1.165) is 19.4 Å². The summed E-state index contributed by atoms with van der Waals surface area (Å²) in [5.41, 5.74) is 2.47. The Bertz CT molecular complexity index is 685. The Labute approximate surface area is 148 Å². The van der Waals surface area contributed by atoms with Crippen molar-refractivity contribution in [1.29, 1.82) is 5.26 Å². The third-order valence-electron chi connectivity index (χ3n) is 4.53. The van der Waals surface area contributed by atoms with Crippen LogP contribution in [0.25, 0.3) is 0 Å². The molecule has 0 amide bonds. The second-order valence-electron chi connectivity index (χ2n) is 6.31. The molecule has 1 unspecified atom stereocenters. The molecular weight excluding hydrogens is 312 g/mol. The van der Waals surface area contributed by atoms with E-state index in [1.54, 1.807) is 0 Å². The van der Waals surface area contributed by atoms with Crippen molar-refractivity contribution in [1.82, 2.24) is 4.90 Å². The Hall–Kier alpha value is -2.64. The van der Waals surface area contributed by atoms with Crippen LogP contribution in [0.1, 0.15) is 36.4 Å². The molecule has 0 N–H and O–H groups in total. The largest absolute Gasteiger partial charge is 0.460 e. The second kappa shape index (κ2) is 8.46. The lowest BCUT2D eigenvalue weighted by molar-refractivity contribution is -0.150. The van der Waals surface area contributed by atoms with Gasteiger partial charge in [0.25, 0.3) is 0 Å². The number of likely N-dealkylation sites (tertiary alicyclic amines) is 1. The maximum Gasteiger partial charge on any atom is 0.320 e. The molecule has 1 atom stereocenters. The third kappa shape index (κ3) is 4.46. The van der Waals surface area contributed by atoms with Gasteiger partial charge in [-0.3, -0.25) is 9.69 Å². The molecule has 0 bridgehead atoms. The van der Waals surface area contributed by atoms with Crippen LogP contribution >= 0.6 is 0 Å². The average Bonchev–Trinajstić information content (AvgIpc) is 2.64. The number of carbonyl (C=O) groups is 1. The fourth-order valence-electron chi connectivity index (χ4n) is 3.47. The van der Waals surface area contributed by atoms with E-state index in [2.05, 4.69) is 53.4 Å². The SMILES string of the molecule is N#CCC(=O)OC1CCCN(C(c2ccccc2)c2ccccc2)C1. The molecule has 3 rings (SSSR count). The van der Waals surface area contributed by atoms with Gasteiger partial charge in [0.2, 0.25) is 0 Å². The van der Waals surface area contributed by atoms with E-state index in [4.69, 9.17) is 10.00 Å². The van der Waals surface area contributed by atoms with E-state index >= 15 is 0 Å². The van der Waals surface area contributed by atoms with Gasteiger partial charge in [0.1, 0.15) is 12.5 Å². The van der Waals surface area contributed by atoms with E-state index in [1.165, 1.54) is 11.1 Å². The summed E-state index contributed by atoms with van der Waals surface area (Å²) in [6, 6.07) is 22.8.